The van der Waals surface area contributed by atoms with Crippen molar-refractivity contribution >= 4 is 5.91 Å². The minimum Gasteiger partial charge on any atom is -0.381 e. The van der Waals surface area contributed by atoms with Crippen LogP contribution in [0, 0.1) is 0 Å². The average Bonchev–Trinajstić information content (AvgIpc) is 2.09. The lowest BCUT2D eigenvalue weighted by atomic mass is 10.4. The molecule has 0 heterocycles. The van der Waals surface area contributed by atoms with Crippen LogP contribution in [0.2, 0.25) is 0 Å². The summed E-state index contributed by atoms with van der Waals surface area (Å²) in [7, 11) is 0. The smallest absolute Gasteiger partial charge is 0.222 e. The Bertz CT molecular complexity index is 134. The molecule has 0 aliphatic rings. The van der Waals surface area contributed by atoms with Crippen molar-refractivity contribution in [2.24, 2.45) is 0 Å². The molecule has 0 fully saturated rings. The number of amides is 1. The third-order valence-corrected chi connectivity index (χ3v) is 1.27. The molecule has 0 bridgehead atoms. The van der Waals surface area contributed by atoms with Crippen LogP contribution in [0.3, 0.4) is 0 Å². The van der Waals surface area contributed by atoms with Gasteiger partial charge in [-0.1, -0.05) is 13.0 Å². The summed E-state index contributed by atoms with van der Waals surface area (Å²) in [5.74, 6) is 0.0194. The van der Waals surface area contributed by atoms with Gasteiger partial charge in [0.1, 0.15) is 0 Å². The largest absolute Gasteiger partial charge is 0.381 e. The first-order valence-corrected chi connectivity index (χ1v) is 4.26. The monoisotopic (exact) mass is 171 g/mol. The lowest BCUT2D eigenvalue weighted by Crippen LogP contribution is -2.24. The quantitative estimate of drug-likeness (QED) is 0.460. The van der Waals surface area contributed by atoms with Crippen molar-refractivity contribution in [1.82, 2.24) is 5.32 Å². The molecule has 0 rings (SSSR count). The zero-order valence-corrected chi connectivity index (χ0v) is 7.64. The Morgan fingerprint density at radius 2 is 2.33 bits per heavy atom. The molecule has 0 aromatic rings. The molecule has 3 heteroatoms. The van der Waals surface area contributed by atoms with Gasteiger partial charge in [0.15, 0.2) is 0 Å². The number of ether oxygens (including phenoxy) is 1. The van der Waals surface area contributed by atoms with E-state index in [-0.39, 0.29) is 5.91 Å². The molecule has 0 aromatic carbocycles. The fraction of sp³-hybridized carbons (Fsp3) is 0.667. The Kier molecular flexibility index (Phi) is 7.70. The van der Waals surface area contributed by atoms with Gasteiger partial charge < -0.3 is 10.1 Å². The van der Waals surface area contributed by atoms with Crippen molar-refractivity contribution in [1.29, 1.82) is 0 Å². The molecule has 0 radical (unpaired) electrons. The lowest BCUT2D eigenvalue weighted by molar-refractivity contribution is -0.121. The molecule has 0 aliphatic heterocycles. The molecule has 0 spiro atoms. The van der Waals surface area contributed by atoms with E-state index >= 15 is 0 Å². The van der Waals surface area contributed by atoms with Gasteiger partial charge in [-0.2, -0.15) is 0 Å². The molecule has 0 aromatic heterocycles. The summed E-state index contributed by atoms with van der Waals surface area (Å²) < 4.78 is 5.15. The fourth-order valence-electron chi connectivity index (χ4n) is 0.686. The minimum absolute atomic E-state index is 0.0194. The number of nitrogens with one attached hydrogen (secondary N) is 1. The number of carbonyl (C=O) groups is 1. The topological polar surface area (TPSA) is 38.3 Å². The molecule has 0 saturated carbocycles. The molecule has 1 amide bonds. The third kappa shape index (κ3) is 7.28. The second kappa shape index (κ2) is 8.27. The second-order valence-corrected chi connectivity index (χ2v) is 2.46. The predicted octanol–water partition coefficient (Wildman–Crippen LogP) is 1.11. The molecule has 70 valence electrons. The molecule has 3 nitrogen and oxygen atoms in total. The van der Waals surface area contributed by atoms with Crippen LogP contribution in [0.15, 0.2) is 12.7 Å². The first-order chi connectivity index (χ1) is 5.81. The van der Waals surface area contributed by atoms with Crippen molar-refractivity contribution in [3.8, 4) is 0 Å². The summed E-state index contributed by atoms with van der Waals surface area (Å²) in [6, 6.07) is 0. The van der Waals surface area contributed by atoms with E-state index in [9.17, 15) is 4.79 Å². The summed E-state index contributed by atoms with van der Waals surface area (Å²) in [5.41, 5.74) is 0. The van der Waals surface area contributed by atoms with Gasteiger partial charge in [-0.3, -0.25) is 4.79 Å². The summed E-state index contributed by atoms with van der Waals surface area (Å²) >= 11 is 0. The van der Waals surface area contributed by atoms with E-state index < -0.39 is 0 Å². The lowest BCUT2D eigenvalue weighted by Gasteiger charge is -2.02. The van der Waals surface area contributed by atoms with E-state index in [1.165, 1.54) is 0 Å². The van der Waals surface area contributed by atoms with Gasteiger partial charge in [-0.15, -0.1) is 6.58 Å². The number of rotatable bonds is 7. The maximum absolute atomic E-state index is 10.9. The average molecular weight is 171 g/mol. The van der Waals surface area contributed by atoms with Crippen molar-refractivity contribution in [3.63, 3.8) is 0 Å². The van der Waals surface area contributed by atoms with Gasteiger partial charge in [0.05, 0.1) is 6.61 Å². The summed E-state index contributed by atoms with van der Waals surface area (Å²) in [6.07, 6.45) is 3.09. The van der Waals surface area contributed by atoms with E-state index in [1.807, 2.05) is 6.92 Å². The second-order valence-electron chi connectivity index (χ2n) is 2.46. The van der Waals surface area contributed by atoms with Crippen LogP contribution in [0.1, 0.15) is 19.8 Å². The van der Waals surface area contributed by atoms with Gasteiger partial charge in [-0.25, -0.2) is 0 Å². The Morgan fingerprint density at radius 1 is 1.58 bits per heavy atom. The standard InChI is InChI=1S/C9H17NO2/c1-3-6-10-9(11)5-8-12-7-4-2/h3H,1,4-8H2,2H3,(H,10,11). The van der Waals surface area contributed by atoms with Crippen LogP contribution >= 0.6 is 0 Å². The van der Waals surface area contributed by atoms with Crippen LogP contribution in [-0.4, -0.2) is 25.7 Å². The van der Waals surface area contributed by atoms with Crippen LogP contribution in [0.25, 0.3) is 0 Å². The highest BCUT2D eigenvalue weighted by atomic mass is 16.5. The fourth-order valence-corrected chi connectivity index (χ4v) is 0.686. The van der Waals surface area contributed by atoms with Gasteiger partial charge in [0.2, 0.25) is 5.91 Å². The molecule has 0 atom stereocenters. The van der Waals surface area contributed by atoms with Gasteiger partial charge >= 0.3 is 0 Å². The highest BCUT2D eigenvalue weighted by molar-refractivity contribution is 5.76. The first kappa shape index (κ1) is 11.2. The summed E-state index contributed by atoms with van der Waals surface area (Å²) in [5, 5.41) is 2.67. The minimum atomic E-state index is 0.0194. The Morgan fingerprint density at radius 3 is 2.92 bits per heavy atom. The zero-order valence-electron chi connectivity index (χ0n) is 7.64. The number of hydrogen-bond acceptors (Lipinski definition) is 2. The first-order valence-electron chi connectivity index (χ1n) is 4.26. The Labute approximate surface area is 73.8 Å². The number of hydrogen-bond donors (Lipinski definition) is 1. The predicted molar refractivity (Wildman–Crippen MR) is 48.9 cm³/mol. The molecule has 0 saturated heterocycles. The number of carbonyl (C=O) groups excluding carboxylic acids is 1. The van der Waals surface area contributed by atoms with E-state index in [4.69, 9.17) is 4.74 Å². The van der Waals surface area contributed by atoms with Crippen molar-refractivity contribution in [2.75, 3.05) is 19.8 Å². The van der Waals surface area contributed by atoms with Crippen LogP contribution in [0.5, 0.6) is 0 Å². The molecular formula is C9H17NO2. The summed E-state index contributed by atoms with van der Waals surface area (Å²) in [4.78, 5) is 10.9. The Balaban J connectivity index is 3.13. The van der Waals surface area contributed by atoms with Gasteiger partial charge in [-0.05, 0) is 6.42 Å². The normalized spacial score (nSPS) is 9.42. The third-order valence-electron chi connectivity index (χ3n) is 1.27. The molecular weight excluding hydrogens is 154 g/mol. The van der Waals surface area contributed by atoms with E-state index in [2.05, 4.69) is 11.9 Å². The Hall–Kier alpha value is -0.830. The van der Waals surface area contributed by atoms with Crippen molar-refractivity contribution < 1.29 is 9.53 Å². The van der Waals surface area contributed by atoms with Gasteiger partial charge in [0, 0.05) is 19.6 Å². The highest BCUT2D eigenvalue weighted by Gasteiger charge is 1.97. The SMILES string of the molecule is C=CCNC(=O)CCOCCC. The van der Waals surface area contributed by atoms with E-state index in [0.29, 0.717) is 19.6 Å². The zero-order chi connectivity index (χ0) is 9.23. The van der Waals surface area contributed by atoms with Gasteiger partial charge in [0.25, 0.3) is 0 Å². The maximum Gasteiger partial charge on any atom is 0.222 e. The van der Waals surface area contributed by atoms with E-state index in [0.717, 1.165) is 13.0 Å². The maximum atomic E-state index is 10.9. The molecule has 0 aliphatic carbocycles. The molecule has 0 unspecified atom stereocenters. The van der Waals surface area contributed by atoms with Crippen LogP contribution < -0.4 is 5.32 Å². The molecule has 12 heavy (non-hydrogen) atoms. The molecule has 1 N–H and O–H groups in total. The van der Waals surface area contributed by atoms with Crippen molar-refractivity contribution in [3.05, 3.63) is 12.7 Å². The highest BCUT2D eigenvalue weighted by Crippen LogP contribution is 1.85. The summed E-state index contributed by atoms with van der Waals surface area (Å²) in [6.45, 7) is 7.31. The van der Waals surface area contributed by atoms with Crippen LogP contribution in [0.4, 0.5) is 0 Å². The van der Waals surface area contributed by atoms with Crippen molar-refractivity contribution in [2.45, 2.75) is 19.8 Å². The van der Waals surface area contributed by atoms with Crippen LogP contribution in [-0.2, 0) is 9.53 Å². The van der Waals surface area contributed by atoms with E-state index in [1.54, 1.807) is 6.08 Å².